The van der Waals surface area contributed by atoms with Crippen molar-refractivity contribution in [2.45, 2.75) is 31.1 Å². The van der Waals surface area contributed by atoms with Crippen molar-refractivity contribution in [3.05, 3.63) is 31.1 Å². The van der Waals surface area contributed by atoms with Crippen molar-refractivity contribution in [3.63, 3.8) is 0 Å². The first kappa shape index (κ1) is 21.5. The maximum atomic E-state index is 12.4. The Bertz CT molecular complexity index is 1450. The van der Waals surface area contributed by atoms with E-state index in [1.807, 2.05) is 0 Å². The van der Waals surface area contributed by atoms with E-state index >= 15 is 0 Å². The fourth-order valence-corrected chi connectivity index (χ4v) is 5.38. The van der Waals surface area contributed by atoms with Crippen LogP contribution < -0.4 is 10.6 Å². The van der Waals surface area contributed by atoms with Crippen LogP contribution in [0.1, 0.15) is 19.4 Å². The van der Waals surface area contributed by atoms with Crippen LogP contribution in [0.15, 0.2) is 31.1 Å². The van der Waals surface area contributed by atoms with Crippen LogP contribution in [0.3, 0.4) is 0 Å². The first-order valence-electron chi connectivity index (χ1n) is 11.1. The van der Waals surface area contributed by atoms with Crippen LogP contribution in [-0.4, -0.2) is 86.4 Å². The van der Waals surface area contributed by atoms with Gasteiger partial charge in [-0.2, -0.15) is 14.6 Å². The molecule has 0 aromatic carbocycles. The fraction of sp³-hybridized carbons (Fsp3) is 0.429. The van der Waals surface area contributed by atoms with Gasteiger partial charge in [-0.05, 0) is 13.3 Å². The summed E-state index contributed by atoms with van der Waals surface area (Å²) in [5.74, 6) is 0.0731. The normalized spacial score (nSPS) is 29.2. The number of fused-ring (bicyclic) bond motifs is 2. The molecule has 0 radical (unpaired) electrons. The molecule has 4 heterocycles. The van der Waals surface area contributed by atoms with E-state index in [0.29, 0.717) is 34.8 Å². The van der Waals surface area contributed by atoms with Gasteiger partial charge >= 0.3 is 0 Å². The van der Waals surface area contributed by atoms with E-state index in [4.69, 9.17) is 0 Å². The number of amides is 1. The standard InChI is InChI=1S/C21H23N11O3/c1-20(18(34)23-3)6-10-14(21(10,35)17(20)33)31-9-26-13-15(22-2)27-19(28-16(13)31)32-8-12(29-30-32)11-7-24-4-5-25-11/h4-5,7-10,14,17,33,35H,6H2,1-3H3,(H,23,34)(H,22,27,28)/t10-,14+,17+,20?,21+/m0/s1. The summed E-state index contributed by atoms with van der Waals surface area (Å²) in [6.07, 6.45) is 7.02. The molecular weight excluding hydrogens is 454 g/mol. The second kappa shape index (κ2) is 7.23. The van der Waals surface area contributed by atoms with Gasteiger partial charge in [0, 0.05) is 32.4 Å². The molecule has 2 saturated carbocycles. The van der Waals surface area contributed by atoms with Crippen LogP contribution in [0, 0.1) is 11.3 Å². The maximum Gasteiger partial charge on any atom is 0.256 e. The van der Waals surface area contributed by atoms with Gasteiger partial charge in [-0.15, -0.1) is 5.10 Å². The van der Waals surface area contributed by atoms with Crippen LogP contribution in [-0.2, 0) is 4.79 Å². The minimum Gasteiger partial charge on any atom is -0.389 e. The number of hydrogen-bond acceptors (Lipinski definition) is 11. The van der Waals surface area contributed by atoms with Gasteiger partial charge in [0.15, 0.2) is 17.0 Å². The molecule has 1 unspecified atom stereocenters. The van der Waals surface area contributed by atoms with Crippen LogP contribution in [0.25, 0.3) is 28.5 Å². The lowest BCUT2D eigenvalue weighted by molar-refractivity contribution is -0.140. The number of nitrogens with zero attached hydrogens (tertiary/aromatic N) is 9. The molecule has 0 spiro atoms. The zero-order valence-electron chi connectivity index (χ0n) is 19.2. The molecular formula is C21H23N11O3. The number of aromatic nitrogens is 9. The molecule has 35 heavy (non-hydrogen) atoms. The Kier molecular flexibility index (Phi) is 4.44. The third kappa shape index (κ3) is 2.83. The van der Waals surface area contributed by atoms with E-state index in [0.717, 1.165) is 0 Å². The van der Waals surface area contributed by atoms with E-state index in [2.05, 4.69) is 45.9 Å². The number of carbonyl (C=O) groups is 1. The number of anilines is 1. The van der Waals surface area contributed by atoms with Gasteiger partial charge in [-0.1, -0.05) is 5.21 Å². The maximum absolute atomic E-state index is 12.4. The minimum absolute atomic E-state index is 0.236. The van der Waals surface area contributed by atoms with Crippen molar-refractivity contribution in [1.29, 1.82) is 0 Å². The molecule has 4 aromatic rings. The number of aliphatic hydroxyl groups excluding tert-OH is 1. The lowest BCUT2D eigenvalue weighted by atomic mass is 9.80. The summed E-state index contributed by atoms with van der Waals surface area (Å²) < 4.78 is 3.15. The number of hydrogen-bond donors (Lipinski definition) is 4. The van der Waals surface area contributed by atoms with Gasteiger partial charge in [0.2, 0.25) is 5.91 Å². The van der Waals surface area contributed by atoms with Crippen LogP contribution >= 0.6 is 0 Å². The van der Waals surface area contributed by atoms with Gasteiger partial charge in [-0.25, -0.2) is 4.98 Å². The molecule has 2 aliphatic carbocycles. The smallest absolute Gasteiger partial charge is 0.256 e. The Morgan fingerprint density at radius 2 is 2.03 bits per heavy atom. The summed E-state index contributed by atoms with van der Waals surface area (Å²) in [5.41, 5.74) is -0.523. The highest BCUT2D eigenvalue weighted by Crippen LogP contribution is 2.69. The molecule has 4 aromatic heterocycles. The third-order valence-electron chi connectivity index (χ3n) is 7.24. The molecule has 14 nitrogen and oxygen atoms in total. The van der Waals surface area contributed by atoms with Gasteiger partial charge in [-0.3, -0.25) is 14.8 Å². The van der Waals surface area contributed by atoms with E-state index in [1.165, 1.54) is 11.7 Å². The van der Waals surface area contributed by atoms with E-state index < -0.39 is 23.2 Å². The largest absolute Gasteiger partial charge is 0.389 e. The van der Waals surface area contributed by atoms with Gasteiger partial charge in [0.05, 0.1) is 36.3 Å². The molecule has 0 saturated heterocycles. The minimum atomic E-state index is -1.47. The molecule has 1 amide bonds. The predicted molar refractivity (Wildman–Crippen MR) is 121 cm³/mol. The van der Waals surface area contributed by atoms with Crippen molar-refractivity contribution >= 4 is 22.9 Å². The summed E-state index contributed by atoms with van der Waals surface area (Å²) in [7, 11) is 3.24. The number of imidazole rings is 1. The van der Waals surface area contributed by atoms with Crippen molar-refractivity contribution in [1.82, 2.24) is 49.8 Å². The monoisotopic (exact) mass is 477 g/mol. The zero-order chi connectivity index (χ0) is 24.5. The van der Waals surface area contributed by atoms with E-state index in [9.17, 15) is 15.0 Å². The Morgan fingerprint density at radius 1 is 1.20 bits per heavy atom. The quantitative estimate of drug-likeness (QED) is 0.286. The highest BCUT2D eigenvalue weighted by molar-refractivity contribution is 5.85. The van der Waals surface area contributed by atoms with E-state index in [1.54, 1.807) is 49.7 Å². The summed E-state index contributed by atoms with van der Waals surface area (Å²) in [4.78, 5) is 34.3. The first-order valence-corrected chi connectivity index (χ1v) is 11.1. The summed E-state index contributed by atoms with van der Waals surface area (Å²) in [5, 5.41) is 36.2. The molecule has 0 aliphatic heterocycles. The second-order valence-corrected chi connectivity index (χ2v) is 9.13. The van der Waals surface area contributed by atoms with Crippen molar-refractivity contribution in [2.75, 3.05) is 19.4 Å². The molecule has 14 heteroatoms. The van der Waals surface area contributed by atoms with Gasteiger partial charge < -0.3 is 25.4 Å². The topological polar surface area (TPSA) is 182 Å². The molecule has 2 aliphatic rings. The lowest BCUT2D eigenvalue weighted by Gasteiger charge is -2.32. The Balaban J connectivity index is 1.39. The zero-order valence-corrected chi connectivity index (χ0v) is 19.2. The highest BCUT2D eigenvalue weighted by Gasteiger charge is 2.79. The summed E-state index contributed by atoms with van der Waals surface area (Å²) >= 11 is 0. The molecule has 5 atom stereocenters. The first-order chi connectivity index (χ1) is 16.8. The number of rotatable bonds is 5. The molecule has 6 rings (SSSR count). The van der Waals surface area contributed by atoms with Crippen molar-refractivity contribution in [3.8, 4) is 17.3 Å². The molecule has 0 bridgehead atoms. The fourth-order valence-electron chi connectivity index (χ4n) is 5.38. The van der Waals surface area contributed by atoms with Crippen LogP contribution in [0.2, 0.25) is 0 Å². The molecule has 2 fully saturated rings. The summed E-state index contributed by atoms with van der Waals surface area (Å²) in [6, 6.07) is -0.487. The SMILES string of the molecule is CNC(=O)C1(C)C[C@H]2[C@@H](n3cnc4c(NC)nc(-n5cc(-c6cnccn6)nn5)nc43)[C@@]2(O)[C@@H]1O. The third-order valence-corrected chi connectivity index (χ3v) is 7.24. The van der Waals surface area contributed by atoms with Gasteiger partial charge in [0.1, 0.15) is 17.0 Å². The average molecular weight is 477 g/mol. The number of carbonyl (C=O) groups excluding carboxylic acids is 1. The van der Waals surface area contributed by atoms with E-state index in [-0.39, 0.29) is 17.8 Å². The second-order valence-electron chi connectivity index (χ2n) is 9.13. The lowest BCUT2D eigenvalue weighted by Crippen LogP contribution is -2.49. The predicted octanol–water partition coefficient (Wildman–Crippen LogP) is -0.675. The Hall–Kier alpha value is -4.04. The van der Waals surface area contributed by atoms with Crippen LogP contribution in [0.4, 0.5) is 5.82 Å². The Morgan fingerprint density at radius 3 is 2.69 bits per heavy atom. The van der Waals surface area contributed by atoms with Gasteiger partial charge in [0.25, 0.3) is 5.95 Å². The number of aliphatic hydroxyl groups is 2. The van der Waals surface area contributed by atoms with Crippen LogP contribution in [0.5, 0.6) is 0 Å². The molecule has 180 valence electrons. The summed E-state index contributed by atoms with van der Waals surface area (Å²) in [6.45, 7) is 1.67. The average Bonchev–Trinajstić information content (AvgIpc) is 3.31. The number of nitrogens with one attached hydrogen (secondary N) is 2. The highest BCUT2D eigenvalue weighted by atomic mass is 16.4. The molecule has 4 N–H and O–H groups in total. The van der Waals surface area contributed by atoms with Crippen molar-refractivity contribution < 1.29 is 15.0 Å². The van der Waals surface area contributed by atoms with Crippen molar-refractivity contribution in [2.24, 2.45) is 11.3 Å². The Labute approximate surface area is 198 Å².